The van der Waals surface area contributed by atoms with Gasteiger partial charge in [-0.3, -0.25) is 4.79 Å². The second-order valence-electron chi connectivity index (χ2n) is 29.1. The molecule has 11 aliphatic rings. The Balaban J connectivity index is 0.811. The molecule has 0 bridgehead atoms. The number of ether oxygens (including phenoxy) is 14. The van der Waals surface area contributed by atoms with Crippen LogP contribution in [-0.4, -0.2) is 329 Å². The minimum atomic E-state index is -2.06. The number of carbonyl (C=O) groups excluding carboxylic acids is 1. The third kappa shape index (κ3) is 13.5. The van der Waals surface area contributed by atoms with E-state index in [1.807, 2.05) is 6.92 Å². The number of ketones is 1. The first-order chi connectivity index (χ1) is 44.5. The molecule has 17 N–H and O–H groups in total. The second kappa shape index (κ2) is 29.4. The van der Waals surface area contributed by atoms with E-state index in [9.17, 15) is 86.8 Å². The Labute approximate surface area is 543 Å². The van der Waals surface area contributed by atoms with Crippen LogP contribution in [0, 0.1) is 52.3 Å². The number of aliphatic hydroxyl groups is 17. The highest BCUT2D eigenvalue weighted by molar-refractivity contribution is 5.84. The maximum absolute atomic E-state index is 15.1. The highest BCUT2D eigenvalue weighted by Gasteiger charge is 2.70. The van der Waals surface area contributed by atoms with E-state index < -0.39 is 222 Å². The average molecular weight is 1360 g/mol. The van der Waals surface area contributed by atoms with Crippen LogP contribution in [0.3, 0.4) is 0 Å². The predicted octanol–water partition coefficient (Wildman–Crippen LogP) is -6.17. The summed E-state index contributed by atoms with van der Waals surface area (Å²) in [5.41, 5.74) is -0.613. The van der Waals surface area contributed by atoms with Gasteiger partial charge < -0.3 is 153 Å². The van der Waals surface area contributed by atoms with E-state index in [2.05, 4.69) is 20.8 Å². The molecule has 0 radical (unpaired) electrons. The Morgan fingerprint density at radius 2 is 1.04 bits per heavy atom. The molecule has 0 spiro atoms. The van der Waals surface area contributed by atoms with Crippen molar-refractivity contribution in [2.45, 2.75) is 282 Å². The van der Waals surface area contributed by atoms with Crippen LogP contribution < -0.4 is 0 Å². The highest BCUT2D eigenvalue weighted by Crippen LogP contribution is 2.71. The lowest BCUT2D eigenvalue weighted by atomic mass is 9.44. The van der Waals surface area contributed by atoms with Gasteiger partial charge >= 0.3 is 0 Å². The summed E-state index contributed by atoms with van der Waals surface area (Å²) in [6, 6.07) is 0. The molecule has 32 heteroatoms. The standard InChI is InChI=1S/C62H102O32/c1-22(19-82-54-48(79)45(76)41(72)34(16-63)87-54)9-12-62(81-6)23(2)37-33(94-62)14-28-26-8-7-25-13-32(29(66)15-61(25,5)27(26)10-11-60(28,37)4)86-58-52(93-57-49(80)44(75)38(69)24(3)85-57)51(43(74)35(17-64)88-58)91-59-53(92-56-47(78)40(71)31(68)21-84-56)50(42(73)36(18-65)89-59)90-55-46(77)39(70)30(67)20-83-55/h22-28,30-59,63-65,67-80H,7-21H2,1-6H3/t22-,23-,24-,25-,26+,27-,28+,30+,31-,32+,33+,34+,35+,36+,37-,38-,39-,40-,41+,42+,43+,44+,45-,46+,47+,48+,49+,50-,51-,52+,53+,54+,55-,56-,57-,58+,59-,60-,61-,62+/m0/s1. The van der Waals surface area contributed by atoms with Crippen LogP contribution in [0.25, 0.3) is 0 Å². The van der Waals surface area contributed by atoms with Crippen LogP contribution in [0.4, 0.5) is 0 Å². The van der Waals surface area contributed by atoms with Crippen molar-refractivity contribution in [2.24, 2.45) is 52.3 Å². The van der Waals surface area contributed by atoms with Gasteiger partial charge in [-0.25, -0.2) is 0 Å². The summed E-state index contributed by atoms with van der Waals surface area (Å²) >= 11 is 0. The fourth-order valence-electron chi connectivity index (χ4n) is 18.1. The minimum Gasteiger partial charge on any atom is -0.394 e. The molecule has 7 heterocycles. The zero-order valence-electron chi connectivity index (χ0n) is 53.7. The van der Waals surface area contributed by atoms with Crippen molar-refractivity contribution in [2.75, 3.05) is 46.8 Å². The van der Waals surface area contributed by atoms with E-state index in [0.29, 0.717) is 12.8 Å². The lowest BCUT2D eigenvalue weighted by Gasteiger charge is -2.61. The van der Waals surface area contributed by atoms with Crippen molar-refractivity contribution < 1.29 is 158 Å². The van der Waals surface area contributed by atoms with Gasteiger partial charge in [-0.2, -0.15) is 0 Å². The van der Waals surface area contributed by atoms with Crippen molar-refractivity contribution in [3.8, 4) is 0 Å². The molecule has 0 amide bonds. The summed E-state index contributed by atoms with van der Waals surface area (Å²) in [6.45, 7) is 6.62. The van der Waals surface area contributed by atoms with Gasteiger partial charge in [0.25, 0.3) is 0 Å². The number of carbonyl (C=O) groups is 1. The molecule has 94 heavy (non-hydrogen) atoms. The topological polar surface area (TPSA) is 490 Å². The summed E-state index contributed by atoms with van der Waals surface area (Å²) in [5, 5.41) is 183. The van der Waals surface area contributed by atoms with Gasteiger partial charge in [0.1, 0.15) is 134 Å². The second-order valence-corrected chi connectivity index (χ2v) is 29.1. The van der Waals surface area contributed by atoms with Crippen molar-refractivity contribution >= 4 is 5.78 Å². The first kappa shape index (κ1) is 73.6. The van der Waals surface area contributed by atoms with E-state index in [0.717, 1.165) is 32.1 Å². The van der Waals surface area contributed by atoms with Gasteiger partial charge in [0.2, 0.25) is 0 Å². The van der Waals surface area contributed by atoms with Crippen LogP contribution in [0.15, 0.2) is 0 Å². The molecule has 11 rings (SSSR count). The smallest absolute Gasteiger partial charge is 0.187 e. The van der Waals surface area contributed by atoms with Crippen LogP contribution in [0.1, 0.15) is 92.4 Å². The van der Waals surface area contributed by atoms with Crippen molar-refractivity contribution in [1.82, 2.24) is 0 Å². The number of aliphatic hydroxyl groups excluding tert-OH is 17. The maximum atomic E-state index is 15.1. The van der Waals surface area contributed by atoms with Gasteiger partial charge in [0.15, 0.2) is 49.3 Å². The van der Waals surface area contributed by atoms with Crippen LogP contribution in [0.2, 0.25) is 0 Å². The van der Waals surface area contributed by atoms with Crippen molar-refractivity contribution in [1.29, 1.82) is 0 Å². The molecule has 0 aromatic heterocycles. The average Bonchev–Trinajstić information content (AvgIpc) is 1.66. The Bertz CT molecular complexity index is 2490. The summed E-state index contributed by atoms with van der Waals surface area (Å²) in [4.78, 5) is 15.1. The lowest BCUT2D eigenvalue weighted by molar-refractivity contribution is -0.411. The SMILES string of the molecule is CO[C@]1(CC[C@H](C)CO[C@@H]2O[C@H](CO)[C@@H](O)[C@H](O)[C@H]2O)O[C@@H]2C[C@@H]3[C@@H]4CC[C@H]5C[C@@H](O[C@@H]6O[C@H](CO)[C@@H](O)[C@H](O[C@@H]7O[C@H](CO)[C@@H](O)[C@H](O[C@@H]8OC[C@@H](O)[C@H](O)[C@H]8O)[C@H]7O[C@@H]7OC[C@H](O)[C@H](O)[C@H]7O)[C@H]6O[C@@H]6O[C@@H](C)[C@H](O)[C@@H](O)[C@H]6O)C(=O)C[C@]5(C)[C@H]4CC[C@]3(C)[C@H]2[C@@H]1C. The first-order valence-corrected chi connectivity index (χ1v) is 33.4. The van der Waals surface area contributed by atoms with E-state index >= 15 is 4.79 Å². The van der Waals surface area contributed by atoms with E-state index in [-0.39, 0.29) is 78.2 Å². The molecule has 4 aliphatic carbocycles. The predicted molar refractivity (Wildman–Crippen MR) is 309 cm³/mol. The third-order valence-electron chi connectivity index (χ3n) is 23.6. The molecule has 0 unspecified atom stereocenters. The normalized spacial score (nSPS) is 54.9. The van der Waals surface area contributed by atoms with Crippen LogP contribution in [-0.2, 0) is 71.1 Å². The molecular weight excluding hydrogens is 1260 g/mol. The number of Topliss-reactive ketones (excluding diaryl/α,β-unsaturated/α-hetero) is 1. The van der Waals surface area contributed by atoms with Gasteiger partial charge in [-0.05, 0) is 98.2 Å². The molecule has 11 fully saturated rings. The van der Waals surface area contributed by atoms with Gasteiger partial charge in [-0.15, -0.1) is 0 Å². The molecule has 7 saturated heterocycles. The molecule has 7 aliphatic heterocycles. The molecule has 4 saturated carbocycles. The Morgan fingerprint density at radius 1 is 0.532 bits per heavy atom. The Morgan fingerprint density at radius 3 is 1.63 bits per heavy atom. The summed E-state index contributed by atoms with van der Waals surface area (Å²) < 4.78 is 86.1. The summed E-state index contributed by atoms with van der Waals surface area (Å²) in [7, 11) is 1.67. The highest BCUT2D eigenvalue weighted by atomic mass is 16.8. The van der Waals surface area contributed by atoms with Crippen molar-refractivity contribution in [3.63, 3.8) is 0 Å². The van der Waals surface area contributed by atoms with Gasteiger partial charge in [0, 0.05) is 25.9 Å². The summed E-state index contributed by atoms with van der Waals surface area (Å²) in [5.74, 6) is -0.505. The largest absolute Gasteiger partial charge is 0.394 e. The third-order valence-corrected chi connectivity index (χ3v) is 23.6. The number of rotatable bonds is 20. The quantitative estimate of drug-likeness (QED) is 0.0504. The summed E-state index contributed by atoms with van der Waals surface area (Å²) in [6.07, 6.45) is -44.6. The maximum Gasteiger partial charge on any atom is 0.187 e. The molecular formula is C62H102O32. The lowest BCUT2D eigenvalue weighted by Crippen LogP contribution is -2.69. The van der Waals surface area contributed by atoms with E-state index in [1.54, 1.807) is 7.11 Å². The molecule has 0 aromatic carbocycles. The minimum absolute atomic E-state index is 0.00548. The van der Waals surface area contributed by atoms with Crippen molar-refractivity contribution in [3.05, 3.63) is 0 Å². The molecule has 40 atom stereocenters. The number of hydrogen-bond acceptors (Lipinski definition) is 32. The fraction of sp³-hybridized carbons (Fsp3) is 0.984. The van der Waals surface area contributed by atoms with Gasteiger partial charge in [0.05, 0.1) is 51.8 Å². The molecule has 32 nitrogen and oxygen atoms in total. The van der Waals surface area contributed by atoms with Crippen LogP contribution in [0.5, 0.6) is 0 Å². The van der Waals surface area contributed by atoms with E-state index in [4.69, 9.17) is 66.3 Å². The molecule has 0 aromatic rings. The first-order valence-electron chi connectivity index (χ1n) is 33.4. The molecule has 542 valence electrons. The number of hydrogen-bond donors (Lipinski definition) is 17. The monoisotopic (exact) mass is 1360 g/mol. The Kier molecular flexibility index (Phi) is 23.0. The van der Waals surface area contributed by atoms with Gasteiger partial charge in [-0.1, -0.05) is 27.7 Å². The van der Waals surface area contributed by atoms with Crippen LogP contribution >= 0.6 is 0 Å². The zero-order chi connectivity index (χ0) is 67.9. The Hall–Kier alpha value is -1.57. The number of methoxy groups -OCH3 is 1. The fourth-order valence-corrected chi connectivity index (χ4v) is 18.1. The number of fused-ring (bicyclic) bond motifs is 7. The van der Waals surface area contributed by atoms with E-state index in [1.165, 1.54) is 6.92 Å². The zero-order valence-corrected chi connectivity index (χ0v) is 53.7.